The zero-order valence-corrected chi connectivity index (χ0v) is 34.9. The number of carbonyl (C=O) groups excluding carboxylic acids is 4. The number of rotatable bonds is 13. The Bertz CT molecular complexity index is 2240. The first-order valence-electron chi connectivity index (χ1n) is 20.3. The van der Waals surface area contributed by atoms with Gasteiger partial charge in [-0.3, -0.25) is 39.2 Å². The van der Waals surface area contributed by atoms with E-state index in [-0.39, 0.29) is 52.3 Å². The van der Waals surface area contributed by atoms with Crippen LogP contribution in [0.2, 0.25) is 0 Å². The number of hydrogen-bond acceptors (Lipinski definition) is 10. The van der Waals surface area contributed by atoms with Gasteiger partial charge in [-0.1, -0.05) is 24.3 Å². The highest BCUT2D eigenvalue weighted by atomic mass is 32.1. The van der Waals surface area contributed by atoms with Crippen molar-refractivity contribution in [1.29, 1.82) is 5.26 Å². The number of alkyl halides is 3. The molecule has 3 saturated heterocycles. The summed E-state index contributed by atoms with van der Waals surface area (Å²) in [5, 5.41) is 11.6. The van der Waals surface area contributed by atoms with E-state index >= 15 is 0 Å². The number of nitrogens with one attached hydrogen (secondary N) is 1. The minimum absolute atomic E-state index is 0.000338. The van der Waals surface area contributed by atoms with Gasteiger partial charge >= 0.3 is 6.18 Å². The number of Topliss-reactive ketones (excluding diaryl/α,β-unsaturated/α-hetero) is 1. The summed E-state index contributed by atoms with van der Waals surface area (Å²) in [6.07, 6.45) is -0.161. The van der Waals surface area contributed by atoms with E-state index in [4.69, 9.17) is 17.0 Å². The first-order chi connectivity index (χ1) is 28.4. The number of imide groups is 1. The number of piperidine rings is 1. The standard InChI is InChI=1S/C44H48F3N7O5S/c1-26-23-51(24-27(2)52(26)25-34(55)18-29-7-5-6-28(16-29)17-31-10-13-39(56)50-40(31)57)14-15-59-38-12-11-32(19-35(38)30-8-9-30)54-42(60)53(41(58)43(54,3)4)33-20-36(44(45,46)47)37(21-48)49-22-33/h5-7,11-12,16,19-20,22,26-27,30-31H,8-10,13-15,17-18,23-25H2,1-4H3,(H,50,56,57)/t26-,27+,31?. The van der Waals surface area contributed by atoms with Crippen LogP contribution in [0.3, 0.4) is 0 Å². The third kappa shape index (κ3) is 9.08. The van der Waals surface area contributed by atoms with Gasteiger partial charge in [-0.25, -0.2) is 4.98 Å². The maximum Gasteiger partial charge on any atom is 0.419 e. The molecule has 316 valence electrons. The lowest BCUT2D eigenvalue weighted by Crippen LogP contribution is -2.58. The van der Waals surface area contributed by atoms with Crippen molar-refractivity contribution in [2.24, 2.45) is 5.92 Å². The monoisotopic (exact) mass is 843 g/mol. The number of piperazine rings is 1. The number of amides is 3. The molecule has 1 saturated carbocycles. The number of aromatic nitrogens is 1. The number of ether oxygens (including phenoxy) is 1. The van der Waals surface area contributed by atoms with Crippen molar-refractivity contribution in [3.05, 3.63) is 82.7 Å². The molecule has 2 aromatic carbocycles. The third-order valence-corrected chi connectivity index (χ3v) is 12.3. The van der Waals surface area contributed by atoms with Crippen LogP contribution in [0, 0.1) is 17.2 Å². The normalized spacial score (nSPS) is 22.5. The van der Waals surface area contributed by atoms with E-state index in [1.807, 2.05) is 36.4 Å². The van der Waals surface area contributed by atoms with Crippen molar-refractivity contribution in [2.75, 3.05) is 42.6 Å². The second-order valence-electron chi connectivity index (χ2n) is 16.9. The molecular formula is C44H48F3N7O5S. The minimum Gasteiger partial charge on any atom is -0.492 e. The molecule has 1 aromatic heterocycles. The molecule has 7 rings (SSSR count). The third-order valence-electron chi connectivity index (χ3n) is 11.9. The second kappa shape index (κ2) is 17.0. The summed E-state index contributed by atoms with van der Waals surface area (Å²) in [5.41, 5.74) is 0.0298. The van der Waals surface area contributed by atoms with Gasteiger partial charge in [-0.15, -0.1) is 0 Å². The SMILES string of the molecule is C[C@@H]1CN(CCOc2ccc(N3C(=S)N(c4cnc(C#N)c(C(F)(F)F)c4)C(=O)C3(C)C)cc2C2CC2)C[C@H](C)N1CC(=O)Cc1cccc(CC2CCC(=O)NC2=O)c1. The molecule has 4 heterocycles. The number of hydrogen-bond donors (Lipinski definition) is 1. The van der Waals surface area contributed by atoms with E-state index < -0.39 is 28.9 Å². The van der Waals surface area contributed by atoms with Gasteiger partial charge in [-0.2, -0.15) is 18.4 Å². The van der Waals surface area contributed by atoms with Gasteiger partial charge in [0.1, 0.15) is 24.0 Å². The Hall–Kier alpha value is -5.24. The molecule has 3 atom stereocenters. The van der Waals surface area contributed by atoms with Gasteiger partial charge in [0.25, 0.3) is 5.91 Å². The number of benzene rings is 2. The average Bonchev–Trinajstić information content (AvgIpc) is 4.01. The van der Waals surface area contributed by atoms with E-state index in [1.165, 1.54) is 6.07 Å². The first kappa shape index (κ1) is 42.9. The van der Waals surface area contributed by atoms with E-state index in [2.05, 4.69) is 33.9 Å². The maximum atomic E-state index is 13.8. The molecular weight excluding hydrogens is 796 g/mol. The number of anilines is 2. The molecule has 3 aromatic rings. The van der Waals surface area contributed by atoms with Crippen LogP contribution < -0.4 is 19.9 Å². The fourth-order valence-corrected chi connectivity index (χ4v) is 9.20. The maximum absolute atomic E-state index is 13.8. The Morgan fingerprint density at radius 2 is 1.73 bits per heavy atom. The van der Waals surface area contributed by atoms with E-state index in [9.17, 15) is 37.6 Å². The lowest BCUT2D eigenvalue weighted by molar-refractivity contribution is -0.138. The van der Waals surface area contributed by atoms with Gasteiger partial charge in [0.2, 0.25) is 11.8 Å². The molecule has 1 unspecified atom stereocenters. The summed E-state index contributed by atoms with van der Waals surface area (Å²) in [7, 11) is 0. The molecule has 3 amide bonds. The van der Waals surface area contributed by atoms with E-state index in [0.717, 1.165) is 65.5 Å². The van der Waals surface area contributed by atoms with E-state index in [0.29, 0.717) is 51.1 Å². The Morgan fingerprint density at radius 3 is 2.40 bits per heavy atom. The average molecular weight is 844 g/mol. The van der Waals surface area contributed by atoms with Crippen LogP contribution in [-0.2, 0) is 38.2 Å². The fraction of sp³-hybridized carbons (Fsp3) is 0.477. The second-order valence-corrected chi connectivity index (χ2v) is 17.2. The van der Waals surface area contributed by atoms with Gasteiger partial charge in [0.15, 0.2) is 16.6 Å². The van der Waals surface area contributed by atoms with Crippen LogP contribution in [0.25, 0.3) is 0 Å². The van der Waals surface area contributed by atoms with Crippen LogP contribution in [0.4, 0.5) is 24.5 Å². The molecule has 12 nitrogen and oxygen atoms in total. The highest BCUT2D eigenvalue weighted by Crippen LogP contribution is 2.47. The quantitative estimate of drug-likeness (QED) is 0.162. The lowest BCUT2D eigenvalue weighted by Gasteiger charge is -2.44. The van der Waals surface area contributed by atoms with Crippen LogP contribution in [0.15, 0.2) is 54.7 Å². The lowest BCUT2D eigenvalue weighted by atomic mass is 9.90. The van der Waals surface area contributed by atoms with Crippen LogP contribution in [-0.4, -0.2) is 93.8 Å². The Labute approximate surface area is 352 Å². The first-order valence-corrected chi connectivity index (χ1v) is 20.7. The molecule has 0 radical (unpaired) electrons. The summed E-state index contributed by atoms with van der Waals surface area (Å²) >= 11 is 5.74. The number of ketones is 1. The topological polar surface area (TPSA) is 139 Å². The number of thiocarbonyl (C=S) groups is 1. The summed E-state index contributed by atoms with van der Waals surface area (Å²) in [4.78, 5) is 61.9. The number of nitriles is 1. The number of nitrogens with zero attached hydrogens (tertiary/aromatic N) is 6. The Kier molecular flexibility index (Phi) is 12.2. The summed E-state index contributed by atoms with van der Waals surface area (Å²) in [6, 6.07) is 15.9. The molecule has 16 heteroatoms. The summed E-state index contributed by atoms with van der Waals surface area (Å²) in [6.45, 7) is 10.6. The van der Waals surface area contributed by atoms with Gasteiger partial charge in [-0.05, 0) is 112 Å². The van der Waals surface area contributed by atoms with Gasteiger partial charge in [0.05, 0.1) is 24.0 Å². The van der Waals surface area contributed by atoms with Crippen molar-refractivity contribution in [2.45, 2.75) is 95.9 Å². The van der Waals surface area contributed by atoms with Crippen molar-refractivity contribution in [3.63, 3.8) is 0 Å². The zero-order valence-electron chi connectivity index (χ0n) is 34.1. The number of pyridine rings is 1. The van der Waals surface area contributed by atoms with Crippen molar-refractivity contribution in [3.8, 4) is 11.8 Å². The van der Waals surface area contributed by atoms with Gasteiger partial charge in [0, 0.05) is 56.2 Å². The zero-order chi connectivity index (χ0) is 43.1. The number of carbonyl (C=O) groups is 4. The van der Waals surface area contributed by atoms with Crippen molar-refractivity contribution in [1.82, 2.24) is 20.1 Å². The molecule has 0 spiro atoms. The molecule has 1 aliphatic carbocycles. The number of halogens is 3. The van der Waals surface area contributed by atoms with Crippen molar-refractivity contribution >= 4 is 52.2 Å². The fourth-order valence-electron chi connectivity index (χ4n) is 8.67. The minimum atomic E-state index is -4.85. The predicted molar refractivity (Wildman–Crippen MR) is 221 cm³/mol. The van der Waals surface area contributed by atoms with Crippen LogP contribution >= 0.6 is 12.2 Å². The van der Waals surface area contributed by atoms with Gasteiger partial charge < -0.3 is 9.64 Å². The highest BCUT2D eigenvalue weighted by Gasteiger charge is 2.51. The molecule has 3 aliphatic heterocycles. The smallest absolute Gasteiger partial charge is 0.419 e. The van der Waals surface area contributed by atoms with E-state index in [1.54, 1.807) is 24.8 Å². The Balaban J connectivity index is 0.946. The molecule has 0 bridgehead atoms. The highest BCUT2D eigenvalue weighted by molar-refractivity contribution is 7.81. The predicted octanol–water partition coefficient (Wildman–Crippen LogP) is 5.95. The largest absolute Gasteiger partial charge is 0.492 e. The summed E-state index contributed by atoms with van der Waals surface area (Å²) < 4.78 is 47.8. The van der Waals surface area contributed by atoms with Crippen LogP contribution in [0.1, 0.15) is 87.2 Å². The summed E-state index contributed by atoms with van der Waals surface area (Å²) in [5.74, 6) is -0.138. The molecule has 4 fully saturated rings. The molecule has 1 N–H and O–H groups in total. The molecule has 4 aliphatic rings. The van der Waals surface area contributed by atoms with Crippen LogP contribution in [0.5, 0.6) is 5.75 Å². The van der Waals surface area contributed by atoms with Crippen molar-refractivity contribution < 1.29 is 37.1 Å². The Morgan fingerprint density at radius 1 is 1.02 bits per heavy atom. The molecule has 60 heavy (non-hydrogen) atoms.